The molecule has 0 aliphatic carbocycles. The number of benzene rings is 1. The number of nitrogens with zero attached hydrogens (tertiary/aromatic N) is 6. The van der Waals surface area contributed by atoms with Crippen molar-refractivity contribution in [3.63, 3.8) is 0 Å². The maximum atomic E-state index is 12.8. The van der Waals surface area contributed by atoms with Gasteiger partial charge in [-0.3, -0.25) is 4.79 Å². The van der Waals surface area contributed by atoms with E-state index >= 15 is 0 Å². The molecular formula is C16H17BrN6OS. The van der Waals surface area contributed by atoms with Crippen molar-refractivity contribution in [1.82, 2.24) is 29.6 Å². The van der Waals surface area contributed by atoms with Crippen molar-refractivity contribution >= 4 is 38.1 Å². The lowest BCUT2D eigenvalue weighted by Crippen LogP contribution is -2.48. The van der Waals surface area contributed by atoms with Gasteiger partial charge in [-0.25, -0.2) is 0 Å². The summed E-state index contributed by atoms with van der Waals surface area (Å²) in [4.78, 5) is 17.6. The van der Waals surface area contributed by atoms with Crippen LogP contribution in [0.15, 0.2) is 28.7 Å². The van der Waals surface area contributed by atoms with Crippen LogP contribution < -0.4 is 0 Å². The highest BCUT2D eigenvalue weighted by Crippen LogP contribution is 2.31. The largest absolute Gasteiger partial charge is 0.333 e. The molecule has 1 amide bonds. The second-order valence-corrected chi connectivity index (χ2v) is 7.64. The Balaban J connectivity index is 1.63. The molecule has 0 saturated carbocycles. The summed E-state index contributed by atoms with van der Waals surface area (Å²) in [7, 11) is 0. The van der Waals surface area contributed by atoms with Crippen molar-refractivity contribution in [2.75, 3.05) is 32.7 Å². The van der Waals surface area contributed by atoms with Crippen molar-refractivity contribution < 1.29 is 4.79 Å². The van der Waals surface area contributed by atoms with Crippen molar-refractivity contribution in [2.45, 2.75) is 6.92 Å². The molecule has 1 aromatic carbocycles. The average Bonchev–Trinajstić information content (AvgIpc) is 3.22. The van der Waals surface area contributed by atoms with Gasteiger partial charge in [-0.2, -0.15) is 9.61 Å². The SMILES string of the molecule is CCN1CCN(C(=O)c2nnc3sc(-c4ccccc4Br)nn23)CC1. The molecular weight excluding hydrogens is 404 g/mol. The zero-order valence-electron chi connectivity index (χ0n) is 13.7. The Morgan fingerprint density at radius 2 is 1.96 bits per heavy atom. The van der Waals surface area contributed by atoms with E-state index in [9.17, 15) is 4.79 Å². The summed E-state index contributed by atoms with van der Waals surface area (Å²) in [5.41, 5.74) is 0.980. The minimum absolute atomic E-state index is 0.104. The van der Waals surface area contributed by atoms with Crippen LogP contribution in [-0.4, -0.2) is 68.2 Å². The number of carbonyl (C=O) groups excluding carboxylic acids is 1. The fourth-order valence-corrected chi connectivity index (χ4v) is 4.38. The van der Waals surface area contributed by atoms with Gasteiger partial charge in [0.05, 0.1) is 0 Å². The molecule has 1 fully saturated rings. The Morgan fingerprint density at radius 3 is 2.68 bits per heavy atom. The Hall–Kier alpha value is -1.84. The van der Waals surface area contributed by atoms with E-state index in [1.54, 1.807) is 4.52 Å². The standard InChI is InChI=1S/C16H17BrN6OS/c1-2-21-7-9-22(10-8-21)15(24)13-18-19-16-23(13)20-14(25-16)11-5-3-4-6-12(11)17/h3-6H,2,7-10H2,1H3. The van der Waals surface area contributed by atoms with E-state index in [1.165, 1.54) is 11.3 Å². The highest BCUT2D eigenvalue weighted by Gasteiger charge is 2.26. The third-order valence-corrected chi connectivity index (χ3v) is 6.02. The van der Waals surface area contributed by atoms with Gasteiger partial charge in [-0.05, 0) is 12.6 Å². The van der Waals surface area contributed by atoms with Crippen LogP contribution in [0.2, 0.25) is 0 Å². The lowest BCUT2D eigenvalue weighted by Gasteiger charge is -2.33. The molecule has 2 aromatic heterocycles. The molecule has 0 unspecified atom stereocenters. The number of amides is 1. The van der Waals surface area contributed by atoms with Crippen LogP contribution in [0.1, 0.15) is 17.5 Å². The topological polar surface area (TPSA) is 66.6 Å². The molecule has 1 aliphatic rings. The molecule has 0 atom stereocenters. The number of halogens is 1. The van der Waals surface area contributed by atoms with E-state index in [0.29, 0.717) is 18.1 Å². The number of aromatic nitrogens is 4. The number of rotatable bonds is 3. The van der Waals surface area contributed by atoms with E-state index in [0.717, 1.165) is 34.7 Å². The second-order valence-electron chi connectivity index (χ2n) is 5.83. The number of carbonyl (C=O) groups is 1. The normalized spacial score (nSPS) is 15.8. The zero-order chi connectivity index (χ0) is 17.4. The summed E-state index contributed by atoms with van der Waals surface area (Å²) >= 11 is 4.97. The summed E-state index contributed by atoms with van der Waals surface area (Å²) < 4.78 is 2.53. The number of fused-ring (bicyclic) bond motifs is 1. The van der Waals surface area contributed by atoms with Crippen molar-refractivity contribution in [3.8, 4) is 10.6 Å². The van der Waals surface area contributed by atoms with Gasteiger partial charge in [-0.1, -0.05) is 52.4 Å². The van der Waals surface area contributed by atoms with Crippen LogP contribution >= 0.6 is 27.3 Å². The predicted molar refractivity (Wildman–Crippen MR) is 99.8 cm³/mol. The molecule has 9 heteroatoms. The number of likely N-dealkylation sites (N-methyl/N-ethyl adjacent to an activating group) is 1. The summed E-state index contributed by atoms with van der Waals surface area (Å²) in [5, 5.41) is 13.6. The summed E-state index contributed by atoms with van der Waals surface area (Å²) in [6.07, 6.45) is 0. The van der Waals surface area contributed by atoms with Gasteiger partial charge in [0.25, 0.3) is 5.91 Å². The summed E-state index contributed by atoms with van der Waals surface area (Å²) in [6.45, 7) is 6.36. The maximum absolute atomic E-state index is 12.8. The molecule has 1 aliphatic heterocycles. The Morgan fingerprint density at radius 1 is 1.20 bits per heavy atom. The molecule has 7 nitrogen and oxygen atoms in total. The second kappa shape index (κ2) is 6.81. The molecule has 0 radical (unpaired) electrons. The van der Waals surface area contributed by atoms with Crippen LogP contribution in [0, 0.1) is 0 Å². The monoisotopic (exact) mass is 420 g/mol. The van der Waals surface area contributed by atoms with Gasteiger partial charge in [0.1, 0.15) is 5.01 Å². The van der Waals surface area contributed by atoms with Gasteiger partial charge < -0.3 is 9.80 Å². The van der Waals surface area contributed by atoms with Gasteiger partial charge >= 0.3 is 0 Å². The molecule has 3 aromatic rings. The van der Waals surface area contributed by atoms with Gasteiger partial charge in [0.2, 0.25) is 10.8 Å². The van der Waals surface area contributed by atoms with E-state index < -0.39 is 0 Å². The van der Waals surface area contributed by atoms with Crippen LogP contribution in [0.5, 0.6) is 0 Å². The molecule has 0 bridgehead atoms. The third kappa shape index (κ3) is 3.07. The molecule has 3 heterocycles. The first-order valence-electron chi connectivity index (χ1n) is 8.16. The first-order chi connectivity index (χ1) is 12.2. The van der Waals surface area contributed by atoms with E-state index in [2.05, 4.69) is 43.0 Å². The Bertz CT molecular complexity index is 914. The number of hydrogen-bond donors (Lipinski definition) is 0. The molecule has 0 N–H and O–H groups in total. The van der Waals surface area contributed by atoms with Crippen LogP contribution in [0.25, 0.3) is 15.5 Å². The number of piperazine rings is 1. The van der Waals surface area contributed by atoms with E-state index in [1.807, 2.05) is 29.2 Å². The summed E-state index contributed by atoms with van der Waals surface area (Å²) in [6, 6.07) is 7.87. The van der Waals surface area contributed by atoms with Gasteiger partial charge in [0, 0.05) is 36.2 Å². The molecule has 0 spiro atoms. The molecule has 4 rings (SSSR count). The maximum Gasteiger partial charge on any atom is 0.293 e. The van der Waals surface area contributed by atoms with Crippen molar-refractivity contribution in [3.05, 3.63) is 34.6 Å². The van der Waals surface area contributed by atoms with Crippen molar-refractivity contribution in [2.24, 2.45) is 0 Å². The minimum atomic E-state index is -0.104. The van der Waals surface area contributed by atoms with Crippen LogP contribution in [0.3, 0.4) is 0 Å². The lowest BCUT2D eigenvalue weighted by atomic mass is 10.2. The van der Waals surface area contributed by atoms with Crippen molar-refractivity contribution in [1.29, 1.82) is 0 Å². The van der Waals surface area contributed by atoms with Gasteiger partial charge in [0.15, 0.2) is 0 Å². The quantitative estimate of drug-likeness (QED) is 0.650. The fraction of sp³-hybridized carbons (Fsp3) is 0.375. The highest BCUT2D eigenvalue weighted by molar-refractivity contribution is 9.10. The number of hydrogen-bond acceptors (Lipinski definition) is 6. The first kappa shape index (κ1) is 16.6. The minimum Gasteiger partial charge on any atom is -0.333 e. The zero-order valence-corrected chi connectivity index (χ0v) is 16.1. The average molecular weight is 421 g/mol. The predicted octanol–water partition coefficient (Wildman–Crippen LogP) is 2.39. The smallest absolute Gasteiger partial charge is 0.293 e. The molecule has 1 saturated heterocycles. The molecule has 25 heavy (non-hydrogen) atoms. The fourth-order valence-electron chi connectivity index (χ4n) is 2.90. The van der Waals surface area contributed by atoms with E-state index in [-0.39, 0.29) is 11.7 Å². The highest BCUT2D eigenvalue weighted by atomic mass is 79.9. The van der Waals surface area contributed by atoms with Crippen LogP contribution in [-0.2, 0) is 0 Å². The summed E-state index contributed by atoms with van der Waals surface area (Å²) in [5.74, 6) is 0.182. The van der Waals surface area contributed by atoms with Gasteiger partial charge in [-0.15, -0.1) is 10.2 Å². The Kier molecular flexibility index (Phi) is 4.53. The van der Waals surface area contributed by atoms with Crippen LogP contribution in [0.4, 0.5) is 0 Å². The molecule has 130 valence electrons. The Labute approximate surface area is 157 Å². The first-order valence-corrected chi connectivity index (χ1v) is 9.77. The third-order valence-electron chi connectivity index (χ3n) is 4.39. The van der Waals surface area contributed by atoms with E-state index in [4.69, 9.17) is 0 Å². The lowest BCUT2D eigenvalue weighted by molar-refractivity contribution is 0.0628.